The van der Waals surface area contributed by atoms with Gasteiger partial charge in [-0.1, -0.05) is 27.4 Å². The topological polar surface area (TPSA) is 29.5 Å². The molecule has 0 aromatic rings. The molecule has 94 valence electrons. The van der Waals surface area contributed by atoms with Gasteiger partial charge in [0.1, 0.15) is 0 Å². The van der Waals surface area contributed by atoms with Crippen LogP contribution in [-0.2, 0) is 9.53 Å². The lowest BCUT2D eigenvalue weighted by atomic mass is 10.1. The Balaban J connectivity index is 3.96. The van der Waals surface area contributed by atoms with E-state index in [4.69, 9.17) is 4.74 Å². The summed E-state index contributed by atoms with van der Waals surface area (Å²) in [6.07, 6.45) is 1.99. The first-order chi connectivity index (χ1) is 7.56. The zero-order chi connectivity index (χ0) is 12.6. The van der Waals surface area contributed by atoms with Crippen molar-refractivity contribution in [2.75, 3.05) is 19.7 Å². The van der Waals surface area contributed by atoms with Crippen molar-refractivity contribution in [3.8, 4) is 0 Å². The van der Waals surface area contributed by atoms with E-state index in [2.05, 4.69) is 32.3 Å². The Hall–Kier alpha value is -0.830. The van der Waals surface area contributed by atoms with Gasteiger partial charge in [0.15, 0.2) is 0 Å². The molecule has 0 heterocycles. The Morgan fingerprint density at radius 3 is 2.25 bits per heavy atom. The van der Waals surface area contributed by atoms with E-state index in [0.29, 0.717) is 18.2 Å². The molecular weight excluding hydrogens is 202 g/mol. The van der Waals surface area contributed by atoms with Crippen LogP contribution in [0, 0.1) is 0 Å². The van der Waals surface area contributed by atoms with Gasteiger partial charge < -0.3 is 9.64 Å². The monoisotopic (exact) mass is 227 g/mol. The maximum absolute atomic E-state index is 11.2. The molecule has 1 atom stereocenters. The van der Waals surface area contributed by atoms with Crippen molar-refractivity contribution >= 4 is 5.97 Å². The van der Waals surface area contributed by atoms with Crippen molar-refractivity contribution in [2.24, 2.45) is 0 Å². The summed E-state index contributed by atoms with van der Waals surface area (Å²) in [7, 11) is 0. The highest BCUT2D eigenvalue weighted by molar-refractivity contribution is 5.86. The largest absolute Gasteiger partial charge is 0.462 e. The summed E-state index contributed by atoms with van der Waals surface area (Å²) in [5.74, 6) is -0.283. The third-order valence-corrected chi connectivity index (χ3v) is 2.83. The Morgan fingerprint density at radius 2 is 1.88 bits per heavy atom. The zero-order valence-corrected chi connectivity index (χ0v) is 11.1. The van der Waals surface area contributed by atoms with E-state index in [0.717, 1.165) is 25.9 Å². The summed E-state index contributed by atoms with van der Waals surface area (Å²) in [5, 5.41) is 0. The quantitative estimate of drug-likeness (QED) is 0.471. The van der Waals surface area contributed by atoms with Gasteiger partial charge in [0.05, 0.1) is 6.61 Å². The molecule has 0 amide bonds. The maximum atomic E-state index is 11.2. The van der Waals surface area contributed by atoms with Crippen LogP contribution in [0.4, 0.5) is 0 Å². The summed E-state index contributed by atoms with van der Waals surface area (Å²) in [5.41, 5.74) is 0.468. The number of carbonyl (C=O) groups is 1. The van der Waals surface area contributed by atoms with Gasteiger partial charge in [-0.3, -0.25) is 0 Å². The molecule has 0 aliphatic carbocycles. The molecule has 0 fully saturated rings. The summed E-state index contributed by atoms with van der Waals surface area (Å²) >= 11 is 0. The summed E-state index contributed by atoms with van der Waals surface area (Å²) in [6, 6.07) is 0.507. The molecule has 0 bridgehead atoms. The average Bonchev–Trinajstić information content (AvgIpc) is 2.27. The highest BCUT2D eigenvalue weighted by atomic mass is 16.5. The Bertz CT molecular complexity index is 222. The third-order valence-electron chi connectivity index (χ3n) is 2.83. The second-order valence-electron chi connectivity index (χ2n) is 3.99. The molecule has 1 unspecified atom stereocenters. The van der Waals surface area contributed by atoms with Crippen molar-refractivity contribution in [3.05, 3.63) is 12.2 Å². The lowest BCUT2D eigenvalue weighted by Gasteiger charge is -2.28. The Morgan fingerprint density at radius 1 is 1.31 bits per heavy atom. The minimum atomic E-state index is -0.283. The average molecular weight is 227 g/mol. The number of hydrogen-bond donors (Lipinski definition) is 0. The lowest BCUT2D eigenvalue weighted by Crippen LogP contribution is -2.35. The van der Waals surface area contributed by atoms with Crippen LogP contribution in [0.1, 0.15) is 40.5 Å². The molecule has 3 heteroatoms. The number of esters is 1. The molecule has 0 aliphatic rings. The SMILES string of the molecule is C=C(C)C(=O)OCCC(CC)N(CC)CC. The van der Waals surface area contributed by atoms with Gasteiger partial charge in [0.2, 0.25) is 0 Å². The molecule has 16 heavy (non-hydrogen) atoms. The molecule has 3 nitrogen and oxygen atoms in total. The van der Waals surface area contributed by atoms with E-state index in [9.17, 15) is 4.79 Å². The van der Waals surface area contributed by atoms with E-state index in [1.54, 1.807) is 6.92 Å². The number of hydrogen-bond acceptors (Lipinski definition) is 3. The molecule has 0 spiro atoms. The van der Waals surface area contributed by atoms with Crippen LogP contribution in [0.3, 0.4) is 0 Å². The number of nitrogens with zero attached hydrogens (tertiary/aromatic N) is 1. The van der Waals surface area contributed by atoms with Gasteiger partial charge in [0.25, 0.3) is 0 Å². The minimum absolute atomic E-state index is 0.283. The van der Waals surface area contributed by atoms with E-state index in [1.807, 2.05) is 0 Å². The fourth-order valence-corrected chi connectivity index (χ4v) is 1.80. The molecule has 0 saturated heterocycles. The smallest absolute Gasteiger partial charge is 0.333 e. The summed E-state index contributed by atoms with van der Waals surface area (Å²) in [4.78, 5) is 13.6. The van der Waals surface area contributed by atoms with E-state index in [1.165, 1.54) is 0 Å². The molecule has 0 radical (unpaired) electrons. The first-order valence-corrected chi connectivity index (χ1v) is 6.13. The lowest BCUT2D eigenvalue weighted by molar-refractivity contribution is -0.139. The fourth-order valence-electron chi connectivity index (χ4n) is 1.80. The number of rotatable bonds is 8. The highest BCUT2D eigenvalue weighted by Gasteiger charge is 2.14. The van der Waals surface area contributed by atoms with Crippen LogP contribution in [0.5, 0.6) is 0 Å². The van der Waals surface area contributed by atoms with Crippen molar-refractivity contribution < 1.29 is 9.53 Å². The fraction of sp³-hybridized carbons (Fsp3) is 0.769. The van der Waals surface area contributed by atoms with Crippen LogP contribution >= 0.6 is 0 Å². The highest BCUT2D eigenvalue weighted by Crippen LogP contribution is 2.08. The van der Waals surface area contributed by atoms with E-state index in [-0.39, 0.29) is 5.97 Å². The van der Waals surface area contributed by atoms with Gasteiger partial charge in [-0.15, -0.1) is 0 Å². The second-order valence-corrected chi connectivity index (χ2v) is 3.99. The normalized spacial score (nSPS) is 12.6. The van der Waals surface area contributed by atoms with Gasteiger partial charge in [-0.25, -0.2) is 4.79 Å². The molecule has 0 aromatic heterocycles. The van der Waals surface area contributed by atoms with E-state index >= 15 is 0 Å². The van der Waals surface area contributed by atoms with Gasteiger partial charge in [-0.2, -0.15) is 0 Å². The molecule has 0 saturated carbocycles. The van der Waals surface area contributed by atoms with Crippen molar-refractivity contribution in [3.63, 3.8) is 0 Å². The molecule has 0 N–H and O–H groups in total. The van der Waals surface area contributed by atoms with Gasteiger partial charge >= 0.3 is 5.97 Å². The molecular formula is C13H25NO2. The van der Waals surface area contributed by atoms with Crippen molar-refractivity contribution in [1.82, 2.24) is 4.90 Å². The minimum Gasteiger partial charge on any atom is -0.462 e. The number of carbonyl (C=O) groups excluding carboxylic acids is 1. The van der Waals surface area contributed by atoms with Crippen molar-refractivity contribution in [2.45, 2.75) is 46.6 Å². The van der Waals surface area contributed by atoms with Crippen LogP contribution in [0.25, 0.3) is 0 Å². The molecule has 0 rings (SSSR count). The first kappa shape index (κ1) is 15.2. The summed E-state index contributed by atoms with van der Waals surface area (Å²) < 4.78 is 5.11. The molecule has 0 aromatic carbocycles. The van der Waals surface area contributed by atoms with Crippen LogP contribution < -0.4 is 0 Å². The van der Waals surface area contributed by atoms with Gasteiger partial charge in [-0.05, 0) is 32.9 Å². The Kier molecular flexibility index (Phi) is 7.90. The molecule has 0 aliphatic heterocycles. The Labute approximate surface area is 99.5 Å². The van der Waals surface area contributed by atoms with Gasteiger partial charge in [0, 0.05) is 11.6 Å². The third kappa shape index (κ3) is 5.31. The van der Waals surface area contributed by atoms with Crippen LogP contribution in [0.15, 0.2) is 12.2 Å². The van der Waals surface area contributed by atoms with E-state index < -0.39 is 0 Å². The van der Waals surface area contributed by atoms with Crippen LogP contribution in [0.2, 0.25) is 0 Å². The second kappa shape index (κ2) is 8.34. The van der Waals surface area contributed by atoms with Crippen LogP contribution in [-0.4, -0.2) is 36.6 Å². The number of ether oxygens (including phenoxy) is 1. The standard InChI is InChI=1S/C13H25NO2/c1-6-12(14(7-2)8-3)9-10-16-13(15)11(4)5/h12H,4,6-10H2,1-3,5H3. The maximum Gasteiger partial charge on any atom is 0.333 e. The van der Waals surface area contributed by atoms with Crippen molar-refractivity contribution in [1.29, 1.82) is 0 Å². The predicted octanol–water partition coefficient (Wildman–Crippen LogP) is 2.62. The first-order valence-electron chi connectivity index (χ1n) is 6.13. The summed E-state index contributed by atoms with van der Waals surface area (Å²) in [6.45, 7) is 14.3. The zero-order valence-electron chi connectivity index (χ0n) is 11.1. The predicted molar refractivity (Wildman–Crippen MR) is 67.4 cm³/mol.